The van der Waals surface area contributed by atoms with E-state index in [1.54, 1.807) is 17.3 Å². The first-order chi connectivity index (χ1) is 10.3. The fraction of sp³-hybridized carbons (Fsp3) is 0.267. The molecule has 6 nitrogen and oxygen atoms in total. The molecule has 2 aromatic heterocycles. The van der Waals surface area contributed by atoms with Crippen molar-refractivity contribution in [3.8, 4) is 11.3 Å². The van der Waals surface area contributed by atoms with Crippen molar-refractivity contribution in [1.82, 2.24) is 9.97 Å². The van der Waals surface area contributed by atoms with Gasteiger partial charge >= 0.3 is 6.03 Å². The van der Waals surface area contributed by atoms with Crippen LogP contribution in [0.4, 0.5) is 16.3 Å². The summed E-state index contributed by atoms with van der Waals surface area (Å²) in [6.45, 7) is 1.72. The second-order valence-electron chi connectivity index (χ2n) is 5.34. The number of anilines is 2. The van der Waals surface area contributed by atoms with Crippen molar-refractivity contribution in [3.05, 3.63) is 36.7 Å². The lowest BCUT2D eigenvalue weighted by Crippen LogP contribution is -2.49. The lowest BCUT2D eigenvalue weighted by atomic mass is 10.1. The zero-order chi connectivity index (χ0) is 14.4. The molecule has 2 N–H and O–H groups in total. The molecular formula is C15H15N5O. The summed E-state index contributed by atoms with van der Waals surface area (Å²) < 4.78 is 0. The van der Waals surface area contributed by atoms with Crippen LogP contribution in [0.2, 0.25) is 0 Å². The number of aromatic nitrogens is 2. The van der Waals surface area contributed by atoms with E-state index in [0.29, 0.717) is 5.82 Å². The monoisotopic (exact) mass is 281 g/mol. The third-order valence-corrected chi connectivity index (χ3v) is 4.16. The fourth-order valence-corrected chi connectivity index (χ4v) is 3.27. The van der Waals surface area contributed by atoms with Gasteiger partial charge < -0.3 is 10.6 Å². The standard InChI is InChI=1S/C15H15N5O/c16-15(21)20-10-5-8-19(9-10)13-11(4-7-18-14(13)20)12-3-1-2-6-17-12/h1-4,6-7,10H,5,8-9H2,(H2,16,21). The molecule has 0 aliphatic carbocycles. The normalized spacial score (nSPS) is 19.5. The Morgan fingerprint density at radius 1 is 1.24 bits per heavy atom. The molecule has 21 heavy (non-hydrogen) atoms. The lowest BCUT2D eigenvalue weighted by molar-refractivity contribution is 0.252. The first kappa shape index (κ1) is 12.1. The van der Waals surface area contributed by atoms with Crippen LogP contribution < -0.4 is 15.5 Å². The van der Waals surface area contributed by atoms with Gasteiger partial charge in [-0.1, -0.05) is 6.07 Å². The Morgan fingerprint density at radius 3 is 2.90 bits per heavy atom. The van der Waals surface area contributed by atoms with Crippen molar-refractivity contribution in [2.75, 3.05) is 22.9 Å². The Labute approximate surface area is 122 Å². The number of pyridine rings is 2. The highest BCUT2D eigenvalue weighted by Crippen LogP contribution is 2.43. The molecule has 1 fully saturated rings. The second kappa shape index (κ2) is 4.44. The highest BCUT2D eigenvalue weighted by molar-refractivity contribution is 5.99. The highest BCUT2D eigenvalue weighted by atomic mass is 16.2. The van der Waals surface area contributed by atoms with Crippen molar-refractivity contribution >= 4 is 17.5 Å². The van der Waals surface area contributed by atoms with Crippen LogP contribution in [0.25, 0.3) is 11.3 Å². The van der Waals surface area contributed by atoms with Crippen LogP contribution in [-0.2, 0) is 0 Å². The number of amides is 2. The van der Waals surface area contributed by atoms with E-state index < -0.39 is 6.03 Å². The maximum Gasteiger partial charge on any atom is 0.320 e. The van der Waals surface area contributed by atoms with Crippen molar-refractivity contribution in [1.29, 1.82) is 0 Å². The van der Waals surface area contributed by atoms with Crippen LogP contribution in [0.5, 0.6) is 0 Å². The predicted molar refractivity (Wildman–Crippen MR) is 80.1 cm³/mol. The van der Waals surface area contributed by atoms with Crippen LogP contribution in [0, 0.1) is 0 Å². The molecule has 6 heteroatoms. The van der Waals surface area contributed by atoms with Gasteiger partial charge in [-0.3, -0.25) is 9.88 Å². The number of hydrogen-bond donors (Lipinski definition) is 1. The summed E-state index contributed by atoms with van der Waals surface area (Å²) in [5.41, 5.74) is 8.40. The molecule has 2 aromatic rings. The Kier molecular flexibility index (Phi) is 2.57. The van der Waals surface area contributed by atoms with E-state index in [1.165, 1.54) is 0 Å². The first-order valence-electron chi connectivity index (χ1n) is 7.00. The molecule has 0 spiro atoms. The van der Waals surface area contributed by atoms with E-state index in [0.717, 1.165) is 36.5 Å². The van der Waals surface area contributed by atoms with Crippen LogP contribution in [0.3, 0.4) is 0 Å². The number of rotatable bonds is 1. The first-order valence-corrected chi connectivity index (χ1v) is 7.00. The summed E-state index contributed by atoms with van der Waals surface area (Å²) >= 11 is 0. The number of primary amides is 1. The van der Waals surface area contributed by atoms with Gasteiger partial charge in [0.1, 0.15) is 0 Å². The smallest absolute Gasteiger partial charge is 0.320 e. The summed E-state index contributed by atoms with van der Waals surface area (Å²) in [5.74, 6) is 0.652. The zero-order valence-electron chi connectivity index (χ0n) is 11.4. The molecule has 0 saturated carbocycles. The molecule has 4 rings (SSSR count). The van der Waals surface area contributed by atoms with E-state index in [-0.39, 0.29) is 6.04 Å². The van der Waals surface area contributed by atoms with Crippen molar-refractivity contribution in [3.63, 3.8) is 0 Å². The number of urea groups is 1. The number of hydrogen-bond acceptors (Lipinski definition) is 4. The molecule has 1 unspecified atom stereocenters. The Morgan fingerprint density at radius 2 is 2.14 bits per heavy atom. The highest BCUT2D eigenvalue weighted by Gasteiger charge is 2.40. The molecule has 4 heterocycles. The summed E-state index contributed by atoms with van der Waals surface area (Å²) in [7, 11) is 0. The molecule has 2 bridgehead atoms. The van der Waals surface area contributed by atoms with Gasteiger partial charge in [0, 0.05) is 31.0 Å². The van der Waals surface area contributed by atoms with Gasteiger partial charge in [-0.25, -0.2) is 9.78 Å². The zero-order valence-corrected chi connectivity index (χ0v) is 11.4. The summed E-state index contributed by atoms with van der Waals surface area (Å²) in [6, 6.07) is 7.44. The lowest BCUT2D eigenvalue weighted by Gasteiger charge is -2.35. The molecule has 0 radical (unpaired) electrons. The van der Waals surface area contributed by atoms with Crippen LogP contribution in [0.1, 0.15) is 6.42 Å². The van der Waals surface area contributed by atoms with E-state index in [1.807, 2.05) is 24.3 Å². The third-order valence-electron chi connectivity index (χ3n) is 4.16. The van der Waals surface area contributed by atoms with Gasteiger partial charge in [-0.2, -0.15) is 0 Å². The average molecular weight is 281 g/mol. The van der Waals surface area contributed by atoms with Crippen molar-refractivity contribution in [2.24, 2.45) is 5.73 Å². The van der Waals surface area contributed by atoms with E-state index in [4.69, 9.17) is 5.73 Å². The van der Waals surface area contributed by atoms with E-state index in [2.05, 4.69) is 14.9 Å². The van der Waals surface area contributed by atoms with Gasteiger partial charge in [0.25, 0.3) is 0 Å². The van der Waals surface area contributed by atoms with Crippen molar-refractivity contribution < 1.29 is 4.79 Å². The Hall–Kier alpha value is -2.63. The van der Waals surface area contributed by atoms with Gasteiger partial charge in [0.15, 0.2) is 5.82 Å². The Balaban J connectivity index is 1.94. The van der Waals surface area contributed by atoms with Crippen LogP contribution >= 0.6 is 0 Å². The number of fused-ring (bicyclic) bond motifs is 4. The molecule has 106 valence electrons. The number of carbonyl (C=O) groups excluding carboxylic acids is 1. The minimum Gasteiger partial charge on any atom is -0.366 e. The predicted octanol–water partition coefficient (Wildman–Crippen LogP) is 1.62. The van der Waals surface area contributed by atoms with Gasteiger partial charge in [0.2, 0.25) is 0 Å². The maximum atomic E-state index is 11.8. The summed E-state index contributed by atoms with van der Waals surface area (Å²) in [5, 5.41) is 0. The summed E-state index contributed by atoms with van der Waals surface area (Å²) in [4.78, 5) is 24.6. The quantitative estimate of drug-likeness (QED) is 0.862. The van der Waals surface area contributed by atoms with E-state index in [9.17, 15) is 4.79 Å². The topological polar surface area (TPSA) is 75.4 Å². The number of nitrogens with zero attached hydrogens (tertiary/aromatic N) is 4. The average Bonchev–Trinajstić information content (AvgIpc) is 2.91. The largest absolute Gasteiger partial charge is 0.366 e. The molecule has 1 atom stereocenters. The SMILES string of the molecule is NC(=O)N1c2nccc(-c3ccccn3)c2N2CCC1C2. The molecule has 2 amide bonds. The van der Waals surface area contributed by atoms with Crippen molar-refractivity contribution in [2.45, 2.75) is 12.5 Å². The number of carbonyl (C=O) groups is 1. The summed E-state index contributed by atoms with van der Waals surface area (Å²) in [6.07, 6.45) is 4.40. The van der Waals surface area contributed by atoms with Crippen LogP contribution in [0.15, 0.2) is 36.7 Å². The Bertz CT molecular complexity index is 702. The third kappa shape index (κ3) is 1.75. The molecule has 2 aliphatic heterocycles. The molecule has 1 saturated heterocycles. The number of nitrogens with two attached hydrogens (primary N) is 1. The van der Waals surface area contributed by atoms with E-state index >= 15 is 0 Å². The van der Waals surface area contributed by atoms with Gasteiger partial charge in [0.05, 0.1) is 17.4 Å². The fourth-order valence-electron chi connectivity index (χ4n) is 3.27. The van der Waals surface area contributed by atoms with Crippen LogP contribution in [-0.4, -0.2) is 35.1 Å². The minimum absolute atomic E-state index is 0.126. The van der Waals surface area contributed by atoms with Gasteiger partial charge in [-0.05, 0) is 24.6 Å². The minimum atomic E-state index is -0.437. The molecular weight excluding hydrogens is 266 g/mol. The van der Waals surface area contributed by atoms with Gasteiger partial charge in [-0.15, -0.1) is 0 Å². The maximum absolute atomic E-state index is 11.8. The second-order valence-corrected chi connectivity index (χ2v) is 5.34. The molecule has 0 aromatic carbocycles. The molecule has 2 aliphatic rings.